The summed E-state index contributed by atoms with van der Waals surface area (Å²) in [5.41, 5.74) is 4.66. The lowest BCUT2D eigenvalue weighted by molar-refractivity contribution is 0.112. The van der Waals surface area contributed by atoms with Gasteiger partial charge in [0.25, 0.3) is 0 Å². The molecule has 6 heteroatoms. The molecule has 0 saturated carbocycles. The zero-order valence-electron chi connectivity index (χ0n) is 25.1. The molecular weight excluding hydrogens is 503 g/mol. The Morgan fingerprint density at radius 1 is 0.658 bits per heavy atom. The third kappa shape index (κ3) is 6.77. The third-order valence-electron chi connectivity index (χ3n) is 8.04. The zero-order valence-corrected chi connectivity index (χ0v) is 27.1. The first-order chi connectivity index (χ1) is 17.4. The quantitative estimate of drug-likeness (QED) is 0.208. The molecule has 204 valence electrons. The van der Waals surface area contributed by atoms with E-state index in [9.17, 15) is 4.79 Å². The van der Waals surface area contributed by atoms with Gasteiger partial charge in [-0.15, -0.1) is 0 Å². The molecule has 0 aliphatic carbocycles. The molecule has 0 atom stereocenters. The molecule has 0 spiro atoms. The molecule has 0 aliphatic rings. The molecule has 0 amide bonds. The summed E-state index contributed by atoms with van der Waals surface area (Å²) in [6.45, 7) is 24.6. The number of carbonyl (C=O) groups is 1. The van der Waals surface area contributed by atoms with Crippen LogP contribution in [0.1, 0.15) is 57.5 Å². The van der Waals surface area contributed by atoms with Gasteiger partial charge >= 0.3 is 0 Å². The zero-order chi connectivity index (χ0) is 28.5. The highest BCUT2D eigenvalue weighted by molar-refractivity contribution is 6.75. The summed E-state index contributed by atoms with van der Waals surface area (Å²) in [6, 6.07) is 22.4. The average Bonchev–Trinajstić information content (AvgIpc) is 2.78. The van der Waals surface area contributed by atoms with Crippen molar-refractivity contribution in [1.82, 2.24) is 0 Å². The van der Waals surface area contributed by atoms with Crippen LogP contribution in [0.15, 0.2) is 66.7 Å². The number of rotatable bonds is 8. The number of aryl methyl sites for hydroxylation is 1. The molecule has 0 bridgehead atoms. The van der Waals surface area contributed by atoms with Crippen molar-refractivity contribution in [3.8, 4) is 11.5 Å². The minimum absolute atomic E-state index is 0.0540. The second kappa shape index (κ2) is 10.7. The van der Waals surface area contributed by atoms with Crippen LogP contribution in [-0.4, -0.2) is 22.9 Å². The van der Waals surface area contributed by atoms with E-state index in [-0.39, 0.29) is 10.1 Å². The molecule has 0 saturated heterocycles. The van der Waals surface area contributed by atoms with E-state index < -0.39 is 16.6 Å². The van der Waals surface area contributed by atoms with Crippen molar-refractivity contribution in [2.75, 3.05) is 4.90 Å². The molecule has 0 unspecified atom stereocenters. The first-order valence-electron chi connectivity index (χ1n) is 13.4. The third-order valence-corrected chi connectivity index (χ3v) is 16.8. The SMILES string of the molecule is Cc1ccc(N(c2cccc(C=O)c2)c2cc(O[Si](C)(C)C(C)(C)C)cc(O[Si](C)(C)C(C)(C)C)c2)cc1. The number of hydrogen-bond acceptors (Lipinski definition) is 4. The van der Waals surface area contributed by atoms with E-state index in [0.29, 0.717) is 5.56 Å². The van der Waals surface area contributed by atoms with Gasteiger partial charge in [-0.3, -0.25) is 4.79 Å². The van der Waals surface area contributed by atoms with E-state index in [4.69, 9.17) is 8.85 Å². The number of carbonyl (C=O) groups excluding carboxylic acids is 1. The number of aldehydes is 1. The normalized spacial score (nSPS) is 12.7. The molecule has 0 aliphatic heterocycles. The molecule has 38 heavy (non-hydrogen) atoms. The van der Waals surface area contributed by atoms with Crippen LogP contribution in [0, 0.1) is 6.92 Å². The molecule has 3 rings (SSSR count). The highest BCUT2D eigenvalue weighted by atomic mass is 28.4. The van der Waals surface area contributed by atoms with Crippen LogP contribution in [0.25, 0.3) is 0 Å². The fourth-order valence-corrected chi connectivity index (χ4v) is 5.60. The Morgan fingerprint density at radius 2 is 1.16 bits per heavy atom. The number of nitrogens with zero attached hydrogens (tertiary/aromatic N) is 1. The first-order valence-corrected chi connectivity index (χ1v) is 19.2. The Hall–Kier alpha value is -2.84. The Bertz CT molecular complexity index is 1220. The summed E-state index contributed by atoms with van der Waals surface area (Å²) in [7, 11) is -4.22. The van der Waals surface area contributed by atoms with Crippen LogP contribution in [0.3, 0.4) is 0 Å². The molecule has 0 radical (unpaired) electrons. The van der Waals surface area contributed by atoms with Crippen molar-refractivity contribution >= 4 is 40.0 Å². The molecule has 0 aromatic heterocycles. The lowest BCUT2D eigenvalue weighted by atomic mass is 10.1. The van der Waals surface area contributed by atoms with Gasteiger partial charge < -0.3 is 13.8 Å². The van der Waals surface area contributed by atoms with E-state index in [1.54, 1.807) is 0 Å². The van der Waals surface area contributed by atoms with Crippen LogP contribution in [0.5, 0.6) is 11.5 Å². The molecule has 0 N–H and O–H groups in total. The summed E-state index contributed by atoms with van der Waals surface area (Å²) in [5.74, 6) is 1.62. The van der Waals surface area contributed by atoms with Crippen molar-refractivity contribution in [3.63, 3.8) is 0 Å². The fourth-order valence-electron chi connectivity index (χ4n) is 3.58. The van der Waals surface area contributed by atoms with E-state index >= 15 is 0 Å². The lowest BCUT2D eigenvalue weighted by Crippen LogP contribution is -2.44. The number of benzene rings is 3. The van der Waals surface area contributed by atoms with Crippen LogP contribution in [0.2, 0.25) is 36.3 Å². The topological polar surface area (TPSA) is 38.8 Å². The van der Waals surface area contributed by atoms with Crippen molar-refractivity contribution in [1.29, 1.82) is 0 Å². The number of hydrogen-bond donors (Lipinski definition) is 0. The van der Waals surface area contributed by atoms with Crippen LogP contribution < -0.4 is 13.8 Å². The predicted molar refractivity (Wildman–Crippen MR) is 167 cm³/mol. The standard InChI is InChI=1S/C32H45NO3Si2/c1-24-15-17-26(18-16-24)33(27-14-12-13-25(19-27)23-34)28-20-29(35-37(8,9)31(2,3)4)22-30(21-28)36-38(10,11)32(5,6)7/h12-23H,1-11H3. The van der Waals surface area contributed by atoms with Gasteiger partial charge in [-0.2, -0.15) is 0 Å². The molecular formula is C32H45NO3Si2. The van der Waals surface area contributed by atoms with Crippen LogP contribution in [0.4, 0.5) is 17.1 Å². The Labute approximate surface area is 232 Å². The van der Waals surface area contributed by atoms with E-state index in [1.165, 1.54) is 5.56 Å². The fraction of sp³-hybridized carbons (Fsp3) is 0.406. The van der Waals surface area contributed by atoms with E-state index in [1.807, 2.05) is 24.3 Å². The maximum absolute atomic E-state index is 11.7. The molecule has 3 aromatic carbocycles. The average molecular weight is 548 g/mol. The second-order valence-corrected chi connectivity index (χ2v) is 22.7. The summed E-state index contributed by atoms with van der Waals surface area (Å²) in [4.78, 5) is 13.8. The Morgan fingerprint density at radius 3 is 1.61 bits per heavy atom. The summed E-state index contributed by atoms with van der Waals surface area (Å²) < 4.78 is 13.7. The molecule has 3 aromatic rings. The Kier molecular flexibility index (Phi) is 8.39. The minimum atomic E-state index is -2.11. The summed E-state index contributed by atoms with van der Waals surface area (Å²) in [6.07, 6.45) is 0.889. The molecule has 4 nitrogen and oxygen atoms in total. The molecule has 0 heterocycles. The van der Waals surface area contributed by atoms with Crippen molar-refractivity contribution < 1.29 is 13.6 Å². The maximum atomic E-state index is 11.7. The summed E-state index contributed by atoms with van der Waals surface area (Å²) in [5, 5.41) is 0.108. The van der Waals surface area contributed by atoms with Gasteiger partial charge in [0.1, 0.15) is 17.8 Å². The predicted octanol–water partition coefficient (Wildman–Crippen LogP) is 10.0. The van der Waals surface area contributed by atoms with Gasteiger partial charge in [0.05, 0.1) is 5.69 Å². The largest absolute Gasteiger partial charge is 0.543 e. The lowest BCUT2D eigenvalue weighted by Gasteiger charge is -2.38. The highest BCUT2D eigenvalue weighted by Crippen LogP contribution is 2.44. The van der Waals surface area contributed by atoms with Crippen molar-refractivity contribution in [2.24, 2.45) is 0 Å². The highest BCUT2D eigenvalue weighted by Gasteiger charge is 2.41. The van der Waals surface area contributed by atoms with Crippen LogP contribution in [-0.2, 0) is 0 Å². The second-order valence-electron chi connectivity index (χ2n) is 13.3. The van der Waals surface area contributed by atoms with Gasteiger partial charge in [0, 0.05) is 35.1 Å². The first kappa shape index (κ1) is 29.7. The van der Waals surface area contributed by atoms with Crippen molar-refractivity contribution in [2.45, 2.75) is 84.7 Å². The molecule has 0 fully saturated rings. The minimum Gasteiger partial charge on any atom is -0.543 e. The van der Waals surface area contributed by atoms with Crippen molar-refractivity contribution in [3.05, 3.63) is 77.9 Å². The Balaban J connectivity index is 2.26. The van der Waals surface area contributed by atoms with Gasteiger partial charge in [-0.1, -0.05) is 71.4 Å². The monoisotopic (exact) mass is 547 g/mol. The smallest absolute Gasteiger partial charge is 0.250 e. The van der Waals surface area contributed by atoms with Gasteiger partial charge in [0.2, 0.25) is 16.6 Å². The maximum Gasteiger partial charge on any atom is 0.250 e. The van der Waals surface area contributed by atoms with Gasteiger partial charge in [-0.25, -0.2) is 0 Å². The van der Waals surface area contributed by atoms with Gasteiger partial charge in [-0.05, 0) is 67.5 Å². The van der Waals surface area contributed by atoms with Crippen LogP contribution >= 0.6 is 0 Å². The van der Waals surface area contributed by atoms with E-state index in [0.717, 1.165) is 34.8 Å². The van der Waals surface area contributed by atoms with Gasteiger partial charge in [0.15, 0.2) is 0 Å². The van der Waals surface area contributed by atoms with E-state index in [2.05, 4.69) is 122 Å². The summed E-state index contributed by atoms with van der Waals surface area (Å²) >= 11 is 0. The number of anilines is 3.